The fraction of sp³-hybridized carbons (Fsp3) is 0.160. The van der Waals surface area contributed by atoms with Crippen molar-refractivity contribution in [3.8, 4) is 23.1 Å². The molecular formula is C25H20F4N4O3. The van der Waals surface area contributed by atoms with Gasteiger partial charge in [-0.25, -0.2) is 9.07 Å². The number of methoxy groups -OCH3 is 1. The molecule has 3 aromatic carbocycles. The predicted octanol–water partition coefficient (Wildman–Crippen LogP) is 5.37. The van der Waals surface area contributed by atoms with E-state index >= 15 is 0 Å². The molecule has 0 bridgehead atoms. The van der Waals surface area contributed by atoms with E-state index in [9.17, 15) is 22.4 Å². The molecule has 0 spiro atoms. The highest BCUT2D eigenvalue weighted by Gasteiger charge is 2.30. The number of amides is 1. The average molecular weight is 500 g/mol. The minimum absolute atomic E-state index is 0.0113. The Balaban J connectivity index is 1.68. The molecular weight excluding hydrogens is 480 g/mol. The molecule has 1 N–H and O–H groups in total. The van der Waals surface area contributed by atoms with E-state index in [-0.39, 0.29) is 30.6 Å². The van der Waals surface area contributed by atoms with Gasteiger partial charge in [0.25, 0.3) is 5.91 Å². The number of rotatable bonds is 8. The van der Waals surface area contributed by atoms with Crippen LogP contribution < -0.4 is 10.1 Å². The Morgan fingerprint density at radius 3 is 2.44 bits per heavy atom. The third-order valence-electron chi connectivity index (χ3n) is 5.04. The lowest BCUT2D eigenvalue weighted by Gasteiger charge is -2.10. The molecule has 0 aliphatic rings. The molecule has 1 heterocycles. The van der Waals surface area contributed by atoms with Gasteiger partial charge in [0.1, 0.15) is 12.4 Å². The van der Waals surface area contributed by atoms with Gasteiger partial charge in [0.2, 0.25) is 0 Å². The number of anilines is 1. The number of benzene rings is 3. The summed E-state index contributed by atoms with van der Waals surface area (Å²) in [5.74, 6) is -1.09. The highest BCUT2D eigenvalue weighted by Crippen LogP contribution is 2.32. The minimum Gasteiger partial charge on any atom is -0.460 e. The number of aromatic nitrogens is 3. The van der Waals surface area contributed by atoms with Crippen molar-refractivity contribution in [1.82, 2.24) is 14.8 Å². The Hall–Kier alpha value is -4.25. The molecule has 36 heavy (non-hydrogen) atoms. The van der Waals surface area contributed by atoms with Gasteiger partial charge in [0.15, 0.2) is 5.82 Å². The van der Waals surface area contributed by atoms with E-state index in [1.165, 1.54) is 42.1 Å². The molecule has 0 aliphatic carbocycles. The Bertz CT molecular complexity index is 1350. The van der Waals surface area contributed by atoms with Crippen LogP contribution in [0.5, 0.6) is 6.01 Å². The van der Waals surface area contributed by atoms with Gasteiger partial charge < -0.3 is 14.8 Å². The van der Waals surface area contributed by atoms with Crippen LogP contribution in [0.25, 0.3) is 17.1 Å². The Morgan fingerprint density at radius 1 is 1.00 bits per heavy atom. The third-order valence-corrected chi connectivity index (χ3v) is 5.04. The molecule has 7 nitrogen and oxygen atoms in total. The topological polar surface area (TPSA) is 78.3 Å². The lowest BCUT2D eigenvalue weighted by atomic mass is 10.1. The van der Waals surface area contributed by atoms with Crippen LogP contribution in [0.2, 0.25) is 0 Å². The predicted molar refractivity (Wildman–Crippen MR) is 124 cm³/mol. The second-order valence-electron chi connectivity index (χ2n) is 7.53. The molecule has 4 rings (SSSR count). The van der Waals surface area contributed by atoms with Crippen molar-refractivity contribution < 1.29 is 31.8 Å². The maximum Gasteiger partial charge on any atom is 0.416 e. The highest BCUT2D eigenvalue weighted by atomic mass is 19.4. The molecule has 0 aliphatic heterocycles. The summed E-state index contributed by atoms with van der Waals surface area (Å²) in [4.78, 5) is 16.9. The maximum atomic E-state index is 14.0. The van der Waals surface area contributed by atoms with E-state index in [4.69, 9.17) is 9.47 Å². The number of carbonyl (C=O) groups is 1. The summed E-state index contributed by atoms with van der Waals surface area (Å²) in [5.41, 5.74) is 0.217. The molecule has 1 aromatic heterocycles. The first-order valence-electron chi connectivity index (χ1n) is 10.7. The van der Waals surface area contributed by atoms with Crippen molar-refractivity contribution in [2.45, 2.75) is 6.18 Å². The average Bonchev–Trinajstić information content (AvgIpc) is 3.28. The lowest BCUT2D eigenvalue weighted by molar-refractivity contribution is -0.137. The number of hydrogen-bond acceptors (Lipinski definition) is 5. The fourth-order valence-corrected chi connectivity index (χ4v) is 3.30. The number of hydrogen-bond donors (Lipinski definition) is 1. The highest BCUT2D eigenvalue weighted by molar-refractivity contribution is 6.04. The number of nitrogens with zero attached hydrogens (tertiary/aromatic N) is 3. The molecule has 11 heteroatoms. The molecule has 0 unspecified atom stereocenters. The standard InChI is InChI=1S/C25H20F4N4O3/c1-35-13-14-36-24-31-22(16-9-11-17(12-10-16)25(27,28)29)33(32-24)19-6-4-5-18(15-19)30-23(34)20-7-2-3-8-21(20)26/h2-12,15H,13-14H2,1H3,(H,30,34). The van der Waals surface area contributed by atoms with Gasteiger partial charge in [-0.2, -0.15) is 18.2 Å². The zero-order valence-corrected chi connectivity index (χ0v) is 18.9. The van der Waals surface area contributed by atoms with Gasteiger partial charge in [0.05, 0.1) is 23.4 Å². The monoisotopic (exact) mass is 500 g/mol. The quantitative estimate of drug-likeness (QED) is 0.260. The van der Waals surface area contributed by atoms with Crippen molar-refractivity contribution >= 4 is 11.6 Å². The molecule has 0 saturated heterocycles. The second kappa shape index (κ2) is 10.6. The summed E-state index contributed by atoms with van der Waals surface area (Å²) in [6, 6.07) is 16.5. The fourth-order valence-electron chi connectivity index (χ4n) is 3.30. The van der Waals surface area contributed by atoms with Crippen molar-refractivity contribution in [2.75, 3.05) is 25.6 Å². The molecule has 0 atom stereocenters. The Labute approximate surface area is 203 Å². The first kappa shape index (κ1) is 24.9. The van der Waals surface area contributed by atoms with Gasteiger partial charge in [-0.05, 0) is 42.5 Å². The van der Waals surface area contributed by atoms with Crippen LogP contribution in [-0.4, -0.2) is 41.0 Å². The molecule has 1 amide bonds. The van der Waals surface area contributed by atoms with Crippen LogP contribution in [-0.2, 0) is 10.9 Å². The van der Waals surface area contributed by atoms with Crippen molar-refractivity contribution in [1.29, 1.82) is 0 Å². The van der Waals surface area contributed by atoms with Gasteiger partial charge in [0, 0.05) is 18.4 Å². The number of halogens is 4. The summed E-state index contributed by atoms with van der Waals surface area (Å²) >= 11 is 0. The van der Waals surface area contributed by atoms with Crippen LogP contribution in [0.3, 0.4) is 0 Å². The van der Waals surface area contributed by atoms with Gasteiger partial charge >= 0.3 is 12.2 Å². The lowest BCUT2D eigenvalue weighted by Crippen LogP contribution is -2.14. The zero-order valence-electron chi connectivity index (χ0n) is 18.9. The smallest absolute Gasteiger partial charge is 0.416 e. The summed E-state index contributed by atoms with van der Waals surface area (Å²) in [6.45, 7) is 0.438. The minimum atomic E-state index is -4.48. The number of ether oxygens (including phenoxy) is 2. The number of nitrogens with one attached hydrogen (secondary N) is 1. The van der Waals surface area contributed by atoms with Crippen molar-refractivity contribution in [2.24, 2.45) is 0 Å². The van der Waals surface area contributed by atoms with Crippen LogP contribution in [0.1, 0.15) is 15.9 Å². The second-order valence-corrected chi connectivity index (χ2v) is 7.53. The molecule has 186 valence electrons. The summed E-state index contributed by atoms with van der Waals surface area (Å²) in [7, 11) is 1.50. The number of carbonyl (C=O) groups excluding carboxylic acids is 1. The van der Waals surface area contributed by atoms with E-state index in [0.29, 0.717) is 16.9 Å². The van der Waals surface area contributed by atoms with Crippen molar-refractivity contribution in [3.05, 3.63) is 89.7 Å². The molecule has 0 saturated carbocycles. The number of alkyl halides is 3. The SMILES string of the molecule is COCCOc1nc(-c2ccc(C(F)(F)F)cc2)n(-c2cccc(NC(=O)c3ccccc3F)c2)n1. The maximum absolute atomic E-state index is 14.0. The first-order chi connectivity index (χ1) is 17.3. The Morgan fingerprint density at radius 2 is 1.75 bits per heavy atom. The van der Waals surface area contributed by atoms with E-state index in [2.05, 4.69) is 15.4 Å². The molecule has 0 radical (unpaired) electrons. The van der Waals surface area contributed by atoms with E-state index < -0.39 is 23.5 Å². The van der Waals surface area contributed by atoms with Crippen LogP contribution in [0.4, 0.5) is 23.2 Å². The Kier molecular flexibility index (Phi) is 7.30. The summed E-state index contributed by atoms with van der Waals surface area (Å²) in [5, 5.41) is 6.95. The normalized spacial score (nSPS) is 11.4. The van der Waals surface area contributed by atoms with E-state index in [0.717, 1.165) is 12.1 Å². The molecule has 0 fully saturated rings. The van der Waals surface area contributed by atoms with E-state index in [1.54, 1.807) is 30.3 Å². The van der Waals surface area contributed by atoms with Crippen molar-refractivity contribution in [3.63, 3.8) is 0 Å². The van der Waals surface area contributed by atoms with Crippen LogP contribution >= 0.6 is 0 Å². The van der Waals surface area contributed by atoms with E-state index in [1.807, 2.05) is 0 Å². The summed E-state index contributed by atoms with van der Waals surface area (Å²) in [6.07, 6.45) is -4.48. The van der Waals surface area contributed by atoms with Gasteiger partial charge in [-0.3, -0.25) is 4.79 Å². The molecule has 4 aromatic rings. The van der Waals surface area contributed by atoms with Crippen LogP contribution in [0.15, 0.2) is 72.8 Å². The first-order valence-corrected chi connectivity index (χ1v) is 10.7. The summed E-state index contributed by atoms with van der Waals surface area (Å²) < 4.78 is 64.9. The zero-order chi connectivity index (χ0) is 25.7. The van der Waals surface area contributed by atoms with Gasteiger partial charge in [-0.15, -0.1) is 5.10 Å². The van der Waals surface area contributed by atoms with Crippen LogP contribution in [0, 0.1) is 5.82 Å². The largest absolute Gasteiger partial charge is 0.460 e. The third kappa shape index (κ3) is 5.69. The van der Waals surface area contributed by atoms with Gasteiger partial charge in [-0.1, -0.05) is 30.3 Å².